The molecule has 0 spiro atoms. The van der Waals surface area contributed by atoms with Crippen molar-refractivity contribution < 1.29 is 0 Å². The fraction of sp³-hybridized carbons (Fsp3) is 0.440. The molecule has 0 aromatic heterocycles. The fourth-order valence-corrected chi connectivity index (χ4v) is 3.76. The molecule has 2 aromatic carbocycles. The number of rotatable bonds is 4. The molecule has 0 atom stereocenters. The maximum absolute atomic E-state index is 3.52. The van der Waals surface area contributed by atoms with Gasteiger partial charge in [0.25, 0.3) is 0 Å². The van der Waals surface area contributed by atoms with Gasteiger partial charge in [-0.25, -0.2) is 0 Å². The highest BCUT2D eigenvalue weighted by molar-refractivity contribution is 5.36. The molecular formula is C25H30. The summed E-state index contributed by atoms with van der Waals surface area (Å²) in [7, 11) is 0. The van der Waals surface area contributed by atoms with E-state index in [2.05, 4.69) is 74.2 Å². The lowest BCUT2D eigenvalue weighted by Gasteiger charge is -2.25. The minimum Gasteiger partial charge on any atom is -0.0945 e. The van der Waals surface area contributed by atoms with Gasteiger partial charge in [-0.05, 0) is 79.7 Å². The van der Waals surface area contributed by atoms with Crippen LogP contribution in [0.25, 0.3) is 0 Å². The van der Waals surface area contributed by atoms with Crippen LogP contribution < -0.4 is 0 Å². The van der Waals surface area contributed by atoms with E-state index in [9.17, 15) is 0 Å². The number of hydrogen-bond acceptors (Lipinski definition) is 0. The van der Waals surface area contributed by atoms with E-state index in [1.54, 1.807) is 0 Å². The highest BCUT2D eigenvalue weighted by Crippen LogP contribution is 2.30. The summed E-state index contributed by atoms with van der Waals surface area (Å²) in [5.41, 5.74) is 5.49. The van der Waals surface area contributed by atoms with Gasteiger partial charge in [0.1, 0.15) is 0 Å². The van der Waals surface area contributed by atoms with Gasteiger partial charge in [0.05, 0.1) is 0 Å². The van der Waals surface area contributed by atoms with Gasteiger partial charge >= 0.3 is 0 Å². The molecule has 1 aliphatic rings. The van der Waals surface area contributed by atoms with E-state index in [0.717, 1.165) is 24.3 Å². The second-order valence-corrected chi connectivity index (χ2v) is 7.41. The molecule has 1 saturated carbocycles. The summed E-state index contributed by atoms with van der Waals surface area (Å²) < 4.78 is 0. The first kappa shape index (κ1) is 17.8. The normalized spacial score (nSPS) is 19.9. The minimum absolute atomic E-state index is 0.588. The lowest BCUT2D eigenvalue weighted by Crippen LogP contribution is -2.15. The van der Waals surface area contributed by atoms with Crippen molar-refractivity contribution in [3.05, 3.63) is 70.8 Å². The predicted molar refractivity (Wildman–Crippen MR) is 108 cm³/mol. The SMILES string of the molecule is CCc1ccc(C#CC2CCC(Cc3ccc(CC)cc3)CC2)cc1. The molecule has 3 rings (SSSR count). The summed E-state index contributed by atoms with van der Waals surface area (Å²) in [6.07, 6.45) is 8.63. The average Bonchev–Trinajstić information content (AvgIpc) is 2.68. The van der Waals surface area contributed by atoms with E-state index in [4.69, 9.17) is 0 Å². The fourth-order valence-electron chi connectivity index (χ4n) is 3.76. The Morgan fingerprint density at radius 3 is 1.80 bits per heavy atom. The minimum atomic E-state index is 0.588. The van der Waals surface area contributed by atoms with Gasteiger partial charge in [-0.3, -0.25) is 0 Å². The summed E-state index contributed by atoms with van der Waals surface area (Å²) in [4.78, 5) is 0. The third kappa shape index (κ3) is 5.23. The van der Waals surface area contributed by atoms with Gasteiger partial charge < -0.3 is 0 Å². The molecule has 1 fully saturated rings. The lowest BCUT2D eigenvalue weighted by molar-refractivity contribution is 0.315. The van der Waals surface area contributed by atoms with Gasteiger partial charge in [-0.1, -0.05) is 62.1 Å². The Morgan fingerprint density at radius 2 is 1.24 bits per heavy atom. The van der Waals surface area contributed by atoms with Crippen LogP contribution in [-0.2, 0) is 19.3 Å². The van der Waals surface area contributed by atoms with Crippen LogP contribution >= 0.6 is 0 Å². The lowest BCUT2D eigenvalue weighted by atomic mass is 9.79. The molecule has 130 valence electrons. The Hall–Kier alpha value is -2.00. The Balaban J connectivity index is 1.49. The molecule has 0 saturated heterocycles. The van der Waals surface area contributed by atoms with Gasteiger partial charge in [-0.2, -0.15) is 0 Å². The number of benzene rings is 2. The molecule has 0 heteroatoms. The number of hydrogen-bond donors (Lipinski definition) is 0. The Bertz CT molecular complexity index is 701. The average molecular weight is 331 g/mol. The first-order chi connectivity index (χ1) is 12.3. The first-order valence-electron chi connectivity index (χ1n) is 9.95. The molecule has 0 aliphatic heterocycles. The zero-order valence-corrected chi connectivity index (χ0v) is 15.7. The molecule has 0 heterocycles. The van der Waals surface area contributed by atoms with E-state index in [0.29, 0.717) is 5.92 Å². The van der Waals surface area contributed by atoms with Crippen LogP contribution in [0.1, 0.15) is 61.8 Å². The van der Waals surface area contributed by atoms with E-state index in [1.165, 1.54) is 48.8 Å². The zero-order valence-electron chi connectivity index (χ0n) is 15.7. The van der Waals surface area contributed by atoms with Crippen molar-refractivity contribution in [2.24, 2.45) is 11.8 Å². The van der Waals surface area contributed by atoms with E-state index < -0.39 is 0 Å². The number of aryl methyl sites for hydroxylation is 2. The van der Waals surface area contributed by atoms with E-state index >= 15 is 0 Å². The smallest absolute Gasteiger partial charge is 0.0245 e. The highest BCUT2D eigenvalue weighted by atomic mass is 14.2. The summed E-state index contributed by atoms with van der Waals surface area (Å²) in [6, 6.07) is 18.0. The van der Waals surface area contributed by atoms with Crippen molar-refractivity contribution in [3.63, 3.8) is 0 Å². The van der Waals surface area contributed by atoms with Crippen LogP contribution in [0.3, 0.4) is 0 Å². The maximum Gasteiger partial charge on any atom is 0.0245 e. The van der Waals surface area contributed by atoms with Crippen molar-refractivity contribution in [1.82, 2.24) is 0 Å². The molecule has 0 unspecified atom stereocenters. The van der Waals surface area contributed by atoms with Crippen molar-refractivity contribution in [3.8, 4) is 11.8 Å². The van der Waals surface area contributed by atoms with Crippen LogP contribution in [0.15, 0.2) is 48.5 Å². The second-order valence-electron chi connectivity index (χ2n) is 7.41. The van der Waals surface area contributed by atoms with Crippen molar-refractivity contribution in [2.75, 3.05) is 0 Å². The predicted octanol–water partition coefficient (Wildman–Crippen LogP) is 6.21. The highest BCUT2D eigenvalue weighted by Gasteiger charge is 2.20. The van der Waals surface area contributed by atoms with Crippen LogP contribution in [0.2, 0.25) is 0 Å². The van der Waals surface area contributed by atoms with Crippen LogP contribution in [0, 0.1) is 23.7 Å². The summed E-state index contributed by atoms with van der Waals surface area (Å²) in [5, 5.41) is 0. The van der Waals surface area contributed by atoms with E-state index in [-0.39, 0.29) is 0 Å². The third-order valence-corrected chi connectivity index (χ3v) is 5.59. The molecule has 25 heavy (non-hydrogen) atoms. The molecule has 0 N–H and O–H groups in total. The summed E-state index contributed by atoms with van der Waals surface area (Å²) in [5.74, 6) is 8.35. The molecule has 2 aromatic rings. The van der Waals surface area contributed by atoms with E-state index in [1.807, 2.05) is 0 Å². The standard InChI is InChI=1S/C25H30/c1-3-20-5-9-22(10-6-20)11-12-23-13-17-25(18-14-23)19-24-15-7-21(4-2)8-16-24/h5-10,15-16,23,25H,3-4,13-14,17-19H2,1-2H3. The summed E-state index contributed by atoms with van der Waals surface area (Å²) in [6.45, 7) is 4.41. The molecule has 1 aliphatic carbocycles. The van der Waals surface area contributed by atoms with Crippen LogP contribution in [0.4, 0.5) is 0 Å². The second kappa shape index (κ2) is 8.91. The Labute approximate surface area is 153 Å². The molecule has 0 radical (unpaired) electrons. The largest absolute Gasteiger partial charge is 0.0945 e. The van der Waals surface area contributed by atoms with Crippen LogP contribution in [0.5, 0.6) is 0 Å². The molecule has 0 bridgehead atoms. The quantitative estimate of drug-likeness (QED) is 0.584. The maximum atomic E-state index is 3.52. The molecule has 0 amide bonds. The van der Waals surface area contributed by atoms with Gasteiger partial charge in [0, 0.05) is 11.5 Å². The third-order valence-electron chi connectivity index (χ3n) is 5.59. The van der Waals surface area contributed by atoms with Gasteiger partial charge in [-0.15, -0.1) is 0 Å². The topological polar surface area (TPSA) is 0 Å². The molecule has 0 nitrogen and oxygen atoms in total. The first-order valence-corrected chi connectivity index (χ1v) is 9.95. The zero-order chi connectivity index (χ0) is 17.5. The Morgan fingerprint density at radius 1 is 0.720 bits per heavy atom. The van der Waals surface area contributed by atoms with Crippen molar-refractivity contribution in [2.45, 2.75) is 58.8 Å². The summed E-state index contributed by atoms with van der Waals surface area (Å²) >= 11 is 0. The van der Waals surface area contributed by atoms with Crippen molar-refractivity contribution in [1.29, 1.82) is 0 Å². The molecular weight excluding hydrogens is 300 g/mol. The monoisotopic (exact) mass is 330 g/mol. The van der Waals surface area contributed by atoms with Gasteiger partial charge in [0.2, 0.25) is 0 Å². The Kier molecular flexibility index (Phi) is 6.35. The van der Waals surface area contributed by atoms with Crippen LogP contribution in [-0.4, -0.2) is 0 Å². The van der Waals surface area contributed by atoms with Gasteiger partial charge in [0.15, 0.2) is 0 Å². The van der Waals surface area contributed by atoms with Crippen molar-refractivity contribution >= 4 is 0 Å².